The second-order valence-corrected chi connectivity index (χ2v) is 6.32. The molecule has 1 saturated heterocycles. The molecule has 1 N–H and O–H groups in total. The summed E-state index contributed by atoms with van der Waals surface area (Å²) >= 11 is 0. The summed E-state index contributed by atoms with van der Waals surface area (Å²) in [6.45, 7) is 5.47. The number of aromatic nitrogens is 4. The summed E-state index contributed by atoms with van der Waals surface area (Å²) in [7, 11) is 0. The van der Waals surface area contributed by atoms with Gasteiger partial charge < -0.3 is 14.6 Å². The quantitative estimate of drug-likeness (QED) is 0.920. The van der Waals surface area contributed by atoms with Crippen LogP contribution >= 0.6 is 0 Å². The van der Waals surface area contributed by atoms with Crippen LogP contribution in [0.15, 0.2) is 24.8 Å². The Hall–Kier alpha value is -2.28. The normalized spacial score (nSPS) is 17.0. The molecule has 0 aliphatic carbocycles. The number of aliphatic hydroxyl groups excluding tert-OH is 1. The molecule has 0 spiro atoms. The number of aryl methyl sites for hydroxylation is 1. The summed E-state index contributed by atoms with van der Waals surface area (Å²) in [4.78, 5) is 26.7. The van der Waals surface area contributed by atoms with Crippen LogP contribution in [0.4, 0.5) is 0 Å². The third kappa shape index (κ3) is 3.17. The first-order valence-corrected chi connectivity index (χ1v) is 8.31. The highest BCUT2D eigenvalue weighted by Crippen LogP contribution is 2.30. The molecular weight excluding hydrogens is 306 g/mol. The Kier molecular flexibility index (Phi) is 4.89. The fourth-order valence-corrected chi connectivity index (χ4v) is 3.34. The minimum Gasteiger partial charge on any atom is -0.394 e. The zero-order valence-electron chi connectivity index (χ0n) is 14.1. The van der Waals surface area contributed by atoms with Crippen LogP contribution in [0, 0.1) is 6.92 Å². The maximum Gasteiger partial charge on any atom is 0.272 e. The van der Waals surface area contributed by atoms with Gasteiger partial charge in [0.25, 0.3) is 5.91 Å². The number of likely N-dealkylation sites (tertiary alicyclic amines) is 1. The molecule has 0 unspecified atom stereocenters. The van der Waals surface area contributed by atoms with Crippen LogP contribution in [0.2, 0.25) is 0 Å². The van der Waals surface area contributed by atoms with E-state index >= 15 is 0 Å². The van der Waals surface area contributed by atoms with Gasteiger partial charge in [0.05, 0.1) is 12.6 Å². The van der Waals surface area contributed by atoms with Crippen LogP contribution in [0.3, 0.4) is 0 Å². The standard InChI is InChI=1S/C17H23N5O2/c1-12-9-19-16(22(12)13(2)10-23)14-4-7-21(8-5-14)17(24)15-3-6-18-11-20-15/h3,6,9,11,13-14,23H,4-5,7-8,10H2,1-2H3/t13-/m1/s1. The zero-order valence-corrected chi connectivity index (χ0v) is 14.1. The van der Waals surface area contributed by atoms with Crippen LogP contribution < -0.4 is 0 Å². The fraction of sp³-hybridized carbons (Fsp3) is 0.529. The van der Waals surface area contributed by atoms with Gasteiger partial charge in [-0.15, -0.1) is 0 Å². The minimum absolute atomic E-state index is 0.0168. The van der Waals surface area contributed by atoms with Gasteiger partial charge >= 0.3 is 0 Å². The molecule has 7 heteroatoms. The third-order valence-electron chi connectivity index (χ3n) is 4.66. The van der Waals surface area contributed by atoms with Crippen molar-refractivity contribution < 1.29 is 9.90 Å². The number of hydrogen-bond acceptors (Lipinski definition) is 5. The Morgan fingerprint density at radius 1 is 1.38 bits per heavy atom. The van der Waals surface area contributed by atoms with Crippen molar-refractivity contribution in [2.75, 3.05) is 19.7 Å². The zero-order chi connectivity index (χ0) is 17.1. The van der Waals surface area contributed by atoms with Gasteiger partial charge in [0.2, 0.25) is 0 Å². The molecule has 3 heterocycles. The molecule has 2 aromatic rings. The first-order valence-electron chi connectivity index (χ1n) is 8.31. The van der Waals surface area contributed by atoms with Crippen molar-refractivity contribution in [2.24, 2.45) is 0 Å². The molecule has 0 saturated carbocycles. The van der Waals surface area contributed by atoms with E-state index in [1.54, 1.807) is 12.3 Å². The van der Waals surface area contributed by atoms with Crippen LogP contribution in [0.5, 0.6) is 0 Å². The van der Waals surface area contributed by atoms with Crippen molar-refractivity contribution in [3.8, 4) is 0 Å². The Bertz CT molecular complexity index is 692. The van der Waals surface area contributed by atoms with E-state index in [1.807, 2.05) is 24.9 Å². The summed E-state index contributed by atoms with van der Waals surface area (Å²) in [5, 5.41) is 9.48. The minimum atomic E-state index is -0.0425. The molecule has 3 rings (SSSR count). The topological polar surface area (TPSA) is 84.1 Å². The molecule has 7 nitrogen and oxygen atoms in total. The molecule has 128 valence electrons. The Labute approximate surface area is 141 Å². The number of nitrogens with zero attached hydrogens (tertiary/aromatic N) is 5. The van der Waals surface area contributed by atoms with Crippen LogP contribution in [0.1, 0.15) is 53.7 Å². The number of carbonyl (C=O) groups excluding carboxylic acids is 1. The lowest BCUT2D eigenvalue weighted by atomic mass is 9.95. The van der Waals surface area contributed by atoms with Crippen molar-refractivity contribution in [3.63, 3.8) is 0 Å². The van der Waals surface area contributed by atoms with Crippen molar-refractivity contribution in [1.29, 1.82) is 0 Å². The van der Waals surface area contributed by atoms with E-state index in [9.17, 15) is 9.90 Å². The first-order chi connectivity index (χ1) is 11.6. The van der Waals surface area contributed by atoms with Gasteiger partial charge in [-0.1, -0.05) is 0 Å². The second kappa shape index (κ2) is 7.09. The smallest absolute Gasteiger partial charge is 0.272 e. The van der Waals surface area contributed by atoms with Crippen LogP contribution in [0.25, 0.3) is 0 Å². The van der Waals surface area contributed by atoms with E-state index < -0.39 is 0 Å². The lowest BCUT2D eigenvalue weighted by molar-refractivity contribution is 0.0703. The van der Waals surface area contributed by atoms with Gasteiger partial charge in [-0.25, -0.2) is 15.0 Å². The summed E-state index contributed by atoms with van der Waals surface area (Å²) in [6, 6.07) is 1.66. The molecule has 0 bridgehead atoms. The van der Waals surface area contributed by atoms with Crippen molar-refractivity contribution >= 4 is 5.91 Å². The average Bonchev–Trinajstić information content (AvgIpc) is 3.03. The predicted molar refractivity (Wildman–Crippen MR) is 88.7 cm³/mol. The Balaban J connectivity index is 1.69. The Morgan fingerprint density at radius 2 is 2.12 bits per heavy atom. The monoisotopic (exact) mass is 329 g/mol. The fourth-order valence-electron chi connectivity index (χ4n) is 3.34. The van der Waals surface area contributed by atoms with Crippen molar-refractivity contribution in [1.82, 2.24) is 24.4 Å². The highest BCUT2D eigenvalue weighted by atomic mass is 16.3. The highest BCUT2D eigenvalue weighted by molar-refractivity contribution is 5.92. The Morgan fingerprint density at radius 3 is 2.75 bits per heavy atom. The summed E-state index contributed by atoms with van der Waals surface area (Å²) in [5.74, 6) is 1.28. The number of rotatable bonds is 4. The number of amides is 1. The van der Waals surface area contributed by atoms with E-state index in [2.05, 4.69) is 19.5 Å². The molecule has 1 amide bonds. The van der Waals surface area contributed by atoms with Gasteiger partial charge in [-0.05, 0) is 32.8 Å². The molecule has 1 aliphatic rings. The molecule has 1 fully saturated rings. The molecule has 0 aromatic carbocycles. The van der Waals surface area contributed by atoms with E-state index in [-0.39, 0.29) is 18.6 Å². The number of piperidine rings is 1. The largest absolute Gasteiger partial charge is 0.394 e. The number of aliphatic hydroxyl groups is 1. The maximum absolute atomic E-state index is 12.5. The first kappa shape index (κ1) is 16.6. The molecule has 24 heavy (non-hydrogen) atoms. The van der Waals surface area contributed by atoms with Gasteiger partial charge in [-0.2, -0.15) is 0 Å². The molecule has 2 aromatic heterocycles. The number of imidazole rings is 1. The maximum atomic E-state index is 12.5. The third-order valence-corrected chi connectivity index (χ3v) is 4.66. The summed E-state index contributed by atoms with van der Waals surface area (Å²) in [5.41, 5.74) is 1.50. The van der Waals surface area contributed by atoms with Gasteiger partial charge in [0, 0.05) is 37.1 Å². The van der Waals surface area contributed by atoms with E-state index in [0.29, 0.717) is 24.7 Å². The van der Waals surface area contributed by atoms with E-state index in [0.717, 1.165) is 24.4 Å². The van der Waals surface area contributed by atoms with E-state index in [4.69, 9.17) is 0 Å². The summed E-state index contributed by atoms with van der Waals surface area (Å²) < 4.78 is 2.12. The summed E-state index contributed by atoms with van der Waals surface area (Å²) in [6.07, 6.45) is 6.58. The van der Waals surface area contributed by atoms with Gasteiger partial charge in [0.15, 0.2) is 0 Å². The van der Waals surface area contributed by atoms with Crippen molar-refractivity contribution in [2.45, 2.75) is 38.6 Å². The number of carbonyl (C=O) groups is 1. The van der Waals surface area contributed by atoms with Crippen LogP contribution in [-0.4, -0.2) is 55.1 Å². The van der Waals surface area contributed by atoms with Crippen LogP contribution in [-0.2, 0) is 0 Å². The van der Waals surface area contributed by atoms with Crippen molar-refractivity contribution in [3.05, 3.63) is 42.0 Å². The van der Waals surface area contributed by atoms with Gasteiger partial charge in [-0.3, -0.25) is 4.79 Å². The molecule has 1 atom stereocenters. The molecule has 1 aliphatic heterocycles. The second-order valence-electron chi connectivity index (χ2n) is 6.32. The molecule has 0 radical (unpaired) electrons. The van der Waals surface area contributed by atoms with Gasteiger partial charge in [0.1, 0.15) is 17.8 Å². The average molecular weight is 329 g/mol. The molecular formula is C17H23N5O2. The van der Waals surface area contributed by atoms with E-state index in [1.165, 1.54) is 6.33 Å². The SMILES string of the molecule is Cc1cnc(C2CCN(C(=O)c3ccncn3)CC2)n1[C@H](C)CO. The lowest BCUT2D eigenvalue weighted by Gasteiger charge is -2.32. The predicted octanol–water partition coefficient (Wildman–Crippen LogP) is 1.55. The lowest BCUT2D eigenvalue weighted by Crippen LogP contribution is -2.39. The highest BCUT2D eigenvalue weighted by Gasteiger charge is 2.28. The number of hydrogen-bond donors (Lipinski definition) is 1.